The fourth-order valence-corrected chi connectivity index (χ4v) is 5.59. The third-order valence-corrected chi connectivity index (χ3v) is 7.50. The topological polar surface area (TPSA) is 125 Å². The first-order valence-electron chi connectivity index (χ1n) is 9.79. The van der Waals surface area contributed by atoms with Crippen molar-refractivity contribution < 1.29 is 28.2 Å². The van der Waals surface area contributed by atoms with Crippen LogP contribution in [0.15, 0.2) is 47.4 Å². The van der Waals surface area contributed by atoms with Crippen LogP contribution in [0.1, 0.15) is 18.7 Å². The van der Waals surface area contributed by atoms with E-state index in [1.54, 1.807) is 30.0 Å². The third kappa shape index (κ3) is 3.84. The summed E-state index contributed by atoms with van der Waals surface area (Å²) in [5, 5.41) is 22.1. The van der Waals surface area contributed by atoms with Crippen molar-refractivity contribution in [1.82, 2.24) is 14.1 Å². The molecule has 0 bridgehead atoms. The Balaban J connectivity index is 1.73. The summed E-state index contributed by atoms with van der Waals surface area (Å²) in [5.74, 6) is -0.170. The van der Waals surface area contributed by atoms with Gasteiger partial charge in [0.15, 0.2) is 0 Å². The lowest BCUT2D eigenvalue weighted by molar-refractivity contribution is -0.136. The molecule has 0 radical (unpaired) electrons. The molecule has 2 atom stereocenters. The van der Waals surface area contributed by atoms with E-state index in [9.17, 15) is 18.3 Å². The Hall–Kier alpha value is -3.11. The smallest absolute Gasteiger partial charge is 0.309 e. The summed E-state index contributed by atoms with van der Waals surface area (Å²) in [6, 6.07) is 10.9. The average molecular weight is 447 g/mol. The molecule has 1 saturated heterocycles. The number of nitrogens with zero attached hydrogens (tertiary/aromatic N) is 3. The van der Waals surface area contributed by atoms with Crippen LogP contribution in [0.4, 0.5) is 0 Å². The second kappa shape index (κ2) is 7.86. The predicted octanol–water partition coefficient (Wildman–Crippen LogP) is 1.99. The number of aromatic nitrogens is 2. The summed E-state index contributed by atoms with van der Waals surface area (Å²) in [6.45, 7) is 2.49. The Morgan fingerprint density at radius 1 is 1.23 bits per heavy atom. The molecule has 164 valence electrons. The van der Waals surface area contributed by atoms with Gasteiger partial charge < -0.3 is 14.9 Å². The number of hydrogen-bond acceptors (Lipinski definition) is 5. The van der Waals surface area contributed by atoms with Gasteiger partial charge in [-0.05, 0) is 30.2 Å². The molecule has 1 aromatic heterocycles. The van der Waals surface area contributed by atoms with Gasteiger partial charge >= 0.3 is 5.97 Å². The summed E-state index contributed by atoms with van der Waals surface area (Å²) in [4.78, 5) is 11.5. The van der Waals surface area contributed by atoms with Gasteiger partial charge in [-0.25, -0.2) is 8.42 Å². The van der Waals surface area contributed by atoms with Crippen LogP contribution in [-0.2, 0) is 21.2 Å². The lowest BCUT2D eigenvalue weighted by Crippen LogP contribution is -2.29. The lowest BCUT2D eigenvalue weighted by atomic mass is 10.1. The van der Waals surface area contributed by atoms with Gasteiger partial charge in [-0.1, -0.05) is 6.92 Å². The average Bonchev–Trinajstić information content (AvgIpc) is 3.28. The summed E-state index contributed by atoms with van der Waals surface area (Å²) in [5.41, 5.74) is 1.15. The first-order valence-corrected chi connectivity index (χ1v) is 11.2. The molecule has 2 aromatic carbocycles. The maximum atomic E-state index is 13.1. The van der Waals surface area contributed by atoms with E-state index in [0.29, 0.717) is 28.9 Å². The zero-order chi connectivity index (χ0) is 22.3. The second-order valence-electron chi connectivity index (χ2n) is 7.74. The number of carboxylic acids is 1. The van der Waals surface area contributed by atoms with E-state index >= 15 is 0 Å². The zero-order valence-corrected chi connectivity index (χ0v) is 18.0. The maximum Gasteiger partial charge on any atom is 0.309 e. The van der Waals surface area contributed by atoms with Crippen LogP contribution in [0.3, 0.4) is 0 Å². The maximum absolute atomic E-state index is 13.1. The van der Waals surface area contributed by atoms with Crippen molar-refractivity contribution in [3.8, 4) is 11.5 Å². The second-order valence-corrected chi connectivity index (χ2v) is 9.67. The SMILES string of the molecule is COc1ccc2c(CC(=O)O)nn([C@H]3CN(S(=O)(=O)c4ccc([OH2+])cc4)C[C@H]3C)c2c1. The largest absolute Gasteiger partial charge is 0.593 e. The lowest BCUT2D eigenvalue weighted by Gasteiger charge is -2.17. The van der Waals surface area contributed by atoms with E-state index in [1.807, 2.05) is 6.92 Å². The van der Waals surface area contributed by atoms with Crippen molar-refractivity contribution >= 4 is 26.9 Å². The zero-order valence-electron chi connectivity index (χ0n) is 17.1. The molecule has 0 amide bonds. The van der Waals surface area contributed by atoms with E-state index in [0.717, 1.165) is 0 Å². The Bertz CT molecular complexity index is 1240. The van der Waals surface area contributed by atoms with Crippen LogP contribution in [0, 0.1) is 5.92 Å². The Morgan fingerprint density at radius 3 is 2.58 bits per heavy atom. The number of ether oxygens (including phenoxy) is 1. The van der Waals surface area contributed by atoms with E-state index in [-0.39, 0.29) is 35.6 Å². The van der Waals surface area contributed by atoms with Gasteiger partial charge in [-0.3, -0.25) is 9.48 Å². The minimum atomic E-state index is -3.72. The van der Waals surface area contributed by atoms with Gasteiger partial charge in [0.25, 0.3) is 5.75 Å². The van der Waals surface area contributed by atoms with Crippen molar-refractivity contribution in [2.45, 2.75) is 24.3 Å². The van der Waals surface area contributed by atoms with Crippen molar-refractivity contribution in [1.29, 1.82) is 0 Å². The number of hydrogen-bond donors (Lipinski definition) is 1. The molecule has 1 aliphatic rings. The number of rotatable bonds is 6. The normalized spacial score (nSPS) is 19.7. The standard InChI is InChI=1S/C21H23N3O6S/c1-13-11-23(31(28,29)16-6-3-14(25)4-7-16)12-20(13)24-19-9-15(30-2)5-8-17(19)18(22-24)10-21(26)27/h3-9,13,20,25H,10-12H2,1-2H3,(H,26,27)/p+1/t13-,20+/m1/s1. The molecule has 0 unspecified atom stereocenters. The highest BCUT2D eigenvalue weighted by Crippen LogP contribution is 2.35. The van der Waals surface area contributed by atoms with Gasteiger partial charge in [-0.15, -0.1) is 0 Å². The summed E-state index contributed by atoms with van der Waals surface area (Å²) in [7, 11) is -2.17. The number of carbonyl (C=O) groups is 1. The molecule has 10 heteroatoms. The molecule has 2 heterocycles. The monoisotopic (exact) mass is 446 g/mol. The van der Waals surface area contributed by atoms with Crippen LogP contribution in [-0.4, -0.2) is 58.9 Å². The fourth-order valence-electron chi connectivity index (χ4n) is 4.03. The van der Waals surface area contributed by atoms with Gasteiger partial charge in [-0.2, -0.15) is 9.40 Å². The predicted molar refractivity (Wildman–Crippen MR) is 114 cm³/mol. The first kappa shape index (κ1) is 21.1. The van der Waals surface area contributed by atoms with Crippen molar-refractivity contribution in [2.75, 3.05) is 20.2 Å². The van der Waals surface area contributed by atoms with Gasteiger partial charge in [0.1, 0.15) is 5.75 Å². The molecule has 4 rings (SSSR count). The van der Waals surface area contributed by atoms with Gasteiger partial charge in [0.05, 0.1) is 35.7 Å². The minimum Gasteiger partial charge on any atom is -0.593 e. The van der Waals surface area contributed by atoms with Crippen LogP contribution < -0.4 is 4.74 Å². The molecule has 1 fully saturated rings. The first-order chi connectivity index (χ1) is 14.7. The number of carboxylic acid groups (broad SMARTS) is 1. The molecule has 0 aliphatic carbocycles. The minimum absolute atomic E-state index is 0.0443. The molecular formula is C21H24N3O6S+. The van der Waals surface area contributed by atoms with E-state index in [4.69, 9.17) is 9.84 Å². The van der Waals surface area contributed by atoms with Crippen molar-refractivity contribution in [2.24, 2.45) is 5.92 Å². The van der Waals surface area contributed by atoms with Crippen LogP contribution >= 0.6 is 0 Å². The molecule has 3 aromatic rings. The van der Waals surface area contributed by atoms with E-state index in [2.05, 4.69) is 5.10 Å². The third-order valence-electron chi connectivity index (χ3n) is 5.66. The Labute approximate surface area is 179 Å². The van der Waals surface area contributed by atoms with Gasteiger partial charge in [0.2, 0.25) is 10.0 Å². The van der Waals surface area contributed by atoms with Crippen LogP contribution in [0.2, 0.25) is 0 Å². The fraction of sp³-hybridized carbons (Fsp3) is 0.333. The van der Waals surface area contributed by atoms with E-state index < -0.39 is 16.0 Å². The summed E-state index contributed by atoms with van der Waals surface area (Å²) < 4.78 is 34.7. The highest BCUT2D eigenvalue weighted by Gasteiger charge is 2.39. The van der Waals surface area contributed by atoms with Crippen molar-refractivity contribution in [3.05, 3.63) is 48.2 Å². The molecule has 1 aliphatic heterocycles. The van der Waals surface area contributed by atoms with Crippen LogP contribution in [0.5, 0.6) is 11.5 Å². The molecule has 0 spiro atoms. The Kier molecular flexibility index (Phi) is 5.36. The van der Waals surface area contributed by atoms with E-state index in [1.165, 1.54) is 28.6 Å². The molecule has 31 heavy (non-hydrogen) atoms. The highest BCUT2D eigenvalue weighted by molar-refractivity contribution is 7.89. The number of methoxy groups -OCH3 is 1. The molecule has 3 N–H and O–H groups in total. The highest BCUT2D eigenvalue weighted by atomic mass is 32.2. The van der Waals surface area contributed by atoms with Gasteiger partial charge in [0, 0.05) is 36.7 Å². The summed E-state index contributed by atoms with van der Waals surface area (Å²) in [6.07, 6.45) is -0.224. The number of aliphatic carboxylic acids is 1. The van der Waals surface area contributed by atoms with Crippen molar-refractivity contribution in [3.63, 3.8) is 0 Å². The number of fused-ring (bicyclic) bond motifs is 1. The summed E-state index contributed by atoms with van der Waals surface area (Å²) >= 11 is 0. The Morgan fingerprint density at radius 2 is 1.94 bits per heavy atom. The molecule has 9 nitrogen and oxygen atoms in total. The number of sulfonamides is 1. The number of benzene rings is 2. The molecular weight excluding hydrogens is 422 g/mol. The van der Waals surface area contributed by atoms with Crippen LogP contribution in [0.25, 0.3) is 10.9 Å². The molecule has 0 saturated carbocycles. The quantitative estimate of drug-likeness (QED) is 0.578.